The molecule has 1 atom stereocenters. The van der Waals surface area contributed by atoms with Gasteiger partial charge in [-0.05, 0) is 6.42 Å². The van der Waals surface area contributed by atoms with Crippen LogP contribution >= 0.6 is 0 Å². The average molecular weight is 678 g/mol. The van der Waals surface area contributed by atoms with Gasteiger partial charge in [-0.1, -0.05) is 270 Å². The molecule has 3 nitrogen and oxygen atoms in total. The van der Waals surface area contributed by atoms with E-state index in [1.165, 1.54) is 250 Å². The number of nitrogens with two attached hydrogens (primary N) is 1. The molecule has 0 amide bonds. The van der Waals surface area contributed by atoms with Crippen molar-refractivity contribution in [3.05, 3.63) is 0 Å². The fourth-order valence-corrected chi connectivity index (χ4v) is 7.46. The molecular weight excluding hydrogens is 587 g/mol. The predicted octanol–water partition coefficient (Wildman–Crippen LogP) is 15.8. The lowest BCUT2D eigenvalue weighted by molar-refractivity contribution is -0.138. The molecule has 0 radical (unpaired) electrons. The lowest BCUT2D eigenvalue weighted by Crippen LogP contribution is -2.29. The number of unbranched alkanes of at least 4 members (excludes halogenated alkanes) is 40. The first kappa shape index (κ1) is 47.4. The predicted molar refractivity (Wildman–Crippen MR) is 215 cm³/mol. The monoisotopic (exact) mass is 678 g/mol. The number of carboxylic acid groups (broad SMARTS) is 1. The second-order valence-electron chi connectivity index (χ2n) is 15.9. The van der Waals surface area contributed by atoms with Crippen molar-refractivity contribution < 1.29 is 9.90 Å². The van der Waals surface area contributed by atoms with Crippen LogP contribution in [-0.4, -0.2) is 17.1 Å². The Hall–Kier alpha value is -0.570. The fraction of sp³-hybridized carbons (Fsp3) is 0.978. The van der Waals surface area contributed by atoms with Crippen LogP contribution in [0.3, 0.4) is 0 Å². The Labute approximate surface area is 303 Å². The second kappa shape index (κ2) is 42.6. The van der Waals surface area contributed by atoms with Gasteiger partial charge in [0.1, 0.15) is 6.04 Å². The van der Waals surface area contributed by atoms with E-state index in [9.17, 15) is 4.79 Å². The van der Waals surface area contributed by atoms with E-state index in [1.807, 2.05) is 0 Å². The molecule has 0 rings (SSSR count). The fourth-order valence-electron chi connectivity index (χ4n) is 7.46. The SMILES string of the molecule is CCCCCCCCCCCCCCCCCCCCCCCCCCCCCCCCCCCCCCCCCCCC(N)C(=O)O. The van der Waals surface area contributed by atoms with Crippen molar-refractivity contribution in [3.8, 4) is 0 Å². The standard InChI is InChI=1S/C45H91NO2/c1-2-3-4-5-6-7-8-9-10-11-12-13-14-15-16-17-18-19-20-21-22-23-24-25-26-27-28-29-30-31-32-33-34-35-36-37-38-39-40-41-42-43-44(46)45(47)48/h44H,2-43,46H2,1H3,(H,47,48). The van der Waals surface area contributed by atoms with Gasteiger partial charge in [0.2, 0.25) is 0 Å². The molecule has 0 aromatic carbocycles. The van der Waals surface area contributed by atoms with E-state index in [0.29, 0.717) is 6.42 Å². The van der Waals surface area contributed by atoms with E-state index in [0.717, 1.165) is 12.8 Å². The van der Waals surface area contributed by atoms with Crippen molar-refractivity contribution in [2.24, 2.45) is 5.73 Å². The lowest BCUT2D eigenvalue weighted by Gasteiger charge is -2.06. The van der Waals surface area contributed by atoms with Gasteiger partial charge in [0, 0.05) is 0 Å². The summed E-state index contributed by atoms with van der Waals surface area (Å²) in [7, 11) is 0. The Morgan fingerprint density at radius 1 is 0.333 bits per heavy atom. The first-order chi connectivity index (χ1) is 23.7. The number of hydrogen-bond acceptors (Lipinski definition) is 2. The minimum Gasteiger partial charge on any atom is -0.480 e. The Bertz CT molecular complexity index is 594. The summed E-state index contributed by atoms with van der Waals surface area (Å²) in [5, 5.41) is 8.80. The second-order valence-corrected chi connectivity index (χ2v) is 15.9. The summed E-state index contributed by atoms with van der Waals surface area (Å²) in [6.07, 6.45) is 59.2. The van der Waals surface area contributed by atoms with Crippen LogP contribution in [0.15, 0.2) is 0 Å². The maximum atomic E-state index is 10.7. The molecule has 0 saturated carbocycles. The van der Waals surface area contributed by atoms with Gasteiger partial charge in [0.15, 0.2) is 0 Å². The molecule has 48 heavy (non-hydrogen) atoms. The van der Waals surface area contributed by atoms with Crippen molar-refractivity contribution in [3.63, 3.8) is 0 Å². The van der Waals surface area contributed by atoms with Gasteiger partial charge in [-0.2, -0.15) is 0 Å². The highest BCUT2D eigenvalue weighted by molar-refractivity contribution is 5.72. The zero-order valence-electron chi connectivity index (χ0n) is 33.2. The number of carbonyl (C=O) groups is 1. The zero-order valence-corrected chi connectivity index (χ0v) is 33.2. The topological polar surface area (TPSA) is 63.3 Å². The molecule has 3 heteroatoms. The van der Waals surface area contributed by atoms with Crippen molar-refractivity contribution in [1.29, 1.82) is 0 Å². The van der Waals surface area contributed by atoms with Crippen LogP contribution in [-0.2, 0) is 4.79 Å². The Kier molecular flexibility index (Phi) is 42.1. The summed E-state index contributed by atoms with van der Waals surface area (Å²) < 4.78 is 0. The van der Waals surface area contributed by atoms with Crippen LogP contribution < -0.4 is 5.73 Å². The maximum absolute atomic E-state index is 10.7. The largest absolute Gasteiger partial charge is 0.480 e. The van der Waals surface area contributed by atoms with E-state index < -0.39 is 12.0 Å². The quantitative estimate of drug-likeness (QED) is 0.0631. The zero-order chi connectivity index (χ0) is 34.9. The van der Waals surface area contributed by atoms with E-state index in [2.05, 4.69) is 6.92 Å². The Morgan fingerprint density at radius 2 is 0.479 bits per heavy atom. The van der Waals surface area contributed by atoms with Crippen molar-refractivity contribution in [2.45, 2.75) is 283 Å². The lowest BCUT2D eigenvalue weighted by atomic mass is 10.0. The van der Waals surface area contributed by atoms with E-state index in [4.69, 9.17) is 10.8 Å². The summed E-state index contributed by atoms with van der Waals surface area (Å²) >= 11 is 0. The molecule has 0 aliphatic rings. The summed E-state index contributed by atoms with van der Waals surface area (Å²) in [6, 6.07) is -0.669. The molecule has 0 bridgehead atoms. The van der Waals surface area contributed by atoms with Gasteiger partial charge in [0.25, 0.3) is 0 Å². The smallest absolute Gasteiger partial charge is 0.320 e. The van der Waals surface area contributed by atoms with Crippen LogP contribution in [0.25, 0.3) is 0 Å². The van der Waals surface area contributed by atoms with Crippen LogP contribution in [0, 0.1) is 0 Å². The third kappa shape index (κ3) is 41.6. The number of carboxylic acids is 1. The molecule has 0 heterocycles. The molecule has 0 fully saturated rings. The third-order valence-electron chi connectivity index (χ3n) is 10.9. The minimum absolute atomic E-state index is 0.620. The highest BCUT2D eigenvalue weighted by Gasteiger charge is 2.09. The number of hydrogen-bond donors (Lipinski definition) is 2. The Balaban J connectivity index is 3.06. The number of rotatable bonds is 43. The molecule has 0 saturated heterocycles. The highest BCUT2D eigenvalue weighted by Crippen LogP contribution is 2.18. The van der Waals surface area contributed by atoms with Gasteiger partial charge >= 0.3 is 5.97 Å². The van der Waals surface area contributed by atoms with Crippen LogP contribution in [0.5, 0.6) is 0 Å². The molecule has 1 unspecified atom stereocenters. The molecule has 0 aliphatic carbocycles. The molecule has 0 spiro atoms. The summed E-state index contributed by atoms with van der Waals surface area (Å²) in [6.45, 7) is 2.31. The first-order valence-corrected chi connectivity index (χ1v) is 22.7. The van der Waals surface area contributed by atoms with E-state index in [1.54, 1.807) is 0 Å². The highest BCUT2D eigenvalue weighted by atomic mass is 16.4. The maximum Gasteiger partial charge on any atom is 0.320 e. The van der Waals surface area contributed by atoms with E-state index in [-0.39, 0.29) is 0 Å². The molecule has 288 valence electrons. The van der Waals surface area contributed by atoms with Crippen LogP contribution in [0.4, 0.5) is 0 Å². The van der Waals surface area contributed by atoms with E-state index >= 15 is 0 Å². The molecular formula is C45H91NO2. The first-order valence-electron chi connectivity index (χ1n) is 22.7. The summed E-state index contributed by atoms with van der Waals surface area (Å²) in [4.78, 5) is 10.7. The Morgan fingerprint density at radius 3 is 0.625 bits per heavy atom. The summed E-state index contributed by atoms with van der Waals surface area (Å²) in [5.41, 5.74) is 5.55. The summed E-state index contributed by atoms with van der Waals surface area (Å²) in [5.74, 6) is -0.864. The number of aliphatic carboxylic acids is 1. The van der Waals surface area contributed by atoms with Gasteiger partial charge in [-0.15, -0.1) is 0 Å². The van der Waals surface area contributed by atoms with Gasteiger partial charge in [-0.3, -0.25) is 4.79 Å². The normalized spacial score (nSPS) is 12.2. The van der Waals surface area contributed by atoms with Crippen molar-refractivity contribution >= 4 is 5.97 Å². The average Bonchev–Trinajstić information content (AvgIpc) is 3.08. The molecule has 0 aliphatic heterocycles. The van der Waals surface area contributed by atoms with Crippen molar-refractivity contribution in [1.82, 2.24) is 0 Å². The molecule has 0 aromatic rings. The molecule has 0 aromatic heterocycles. The van der Waals surface area contributed by atoms with Gasteiger partial charge in [0.05, 0.1) is 0 Å². The minimum atomic E-state index is -0.864. The van der Waals surface area contributed by atoms with Crippen LogP contribution in [0.2, 0.25) is 0 Å². The van der Waals surface area contributed by atoms with Crippen LogP contribution in [0.1, 0.15) is 277 Å². The third-order valence-corrected chi connectivity index (χ3v) is 10.9. The molecule has 3 N–H and O–H groups in total. The van der Waals surface area contributed by atoms with Crippen molar-refractivity contribution in [2.75, 3.05) is 0 Å². The van der Waals surface area contributed by atoms with Gasteiger partial charge in [-0.25, -0.2) is 0 Å². The van der Waals surface area contributed by atoms with Gasteiger partial charge < -0.3 is 10.8 Å².